The standard InChI is InChI=1S/C22H29N7O4.C21H27N7O4/c1-22(2,3)33-21(31)28-12-13(6-7-17(28)20(30)32-5)16-8-18(23)29-19(26-16)15(10-25-29)14-9-24-27(4)11-14;1-21(2,3)32-20(31)27-11-12(5-6-16(27)19(29)30)15-7-17(22)28-18(25-15)14(9-24-28)13-8-23-26(4)10-13/h8-11,13,17H,6-7,12,23H2,1-5H3;7-10,12,16H,5-6,11,22H2,1-4H3,(H,29,30)/t13-,17-;12-,16-/m00/s1. The van der Waals surface area contributed by atoms with E-state index in [9.17, 15) is 24.3 Å². The number of methoxy groups -OCH3 is 1. The second-order valence-corrected chi connectivity index (χ2v) is 18.3. The number of fused-ring (bicyclic) bond motifs is 2. The van der Waals surface area contributed by atoms with Crippen LogP contribution in [0, 0.1) is 0 Å². The number of nitrogens with zero attached hydrogens (tertiary/aromatic N) is 12. The van der Waals surface area contributed by atoms with Crippen molar-refractivity contribution in [1.82, 2.24) is 58.6 Å². The van der Waals surface area contributed by atoms with Gasteiger partial charge in [-0.3, -0.25) is 19.2 Å². The fourth-order valence-electron chi connectivity index (χ4n) is 8.06. The van der Waals surface area contributed by atoms with Crippen LogP contribution in [0.25, 0.3) is 33.5 Å². The zero-order valence-electron chi connectivity index (χ0n) is 38.0. The second-order valence-electron chi connectivity index (χ2n) is 18.3. The molecule has 0 radical (unpaired) electrons. The molecule has 6 aromatic heterocycles. The lowest BCUT2D eigenvalue weighted by Gasteiger charge is -2.38. The fourth-order valence-corrected chi connectivity index (χ4v) is 8.06. The van der Waals surface area contributed by atoms with Crippen LogP contribution in [0.15, 0.2) is 49.3 Å². The quantitative estimate of drug-likeness (QED) is 0.152. The molecule has 6 aromatic rings. The number of amides is 2. The average Bonchev–Trinajstić information content (AvgIpc) is 4.06. The summed E-state index contributed by atoms with van der Waals surface area (Å²) < 4.78 is 22.5. The van der Waals surface area contributed by atoms with E-state index < -0.39 is 47.4 Å². The molecule has 0 unspecified atom stereocenters. The highest BCUT2D eigenvalue weighted by molar-refractivity contribution is 5.83. The average molecular weight is 897 g/mol. The first kappa shape index (κ1) is 45.8. The third-order valence-electron chi connectivity index (χ3n) is 11.1. The maximum absolute atomic E-state index is 12.9. The summed E-state index contributed by atoms with van der Waals surface area (Å²) in [7, 11) is 4.99. The minimum Gasteiger partial charge on any atom is -0.480 e. The molecule has 346 valence electrons. The summed E-state index contributed by atoms with van der Waals surface area (Å²) in [4.78, 5) is 62.2. The molecule has 22 heteroatoms. The van der Waals surface area contributed by atoms with E-state index in [0.29, 0.717) is 54.3 Å². The number of carboxylic acids is 1. The van der Waals surface area contributed by atoms with Gasteiger partial charge in [0.05, 0.1) is 43.3 Å². The van der Waals surface area contributed by atoms with Gasteiger partial charge in [0.15, 0.2) is 11.3 Å². The molecule has 2 aliphatic rings. The Bertz CT molecular complexity index is 2740. The van der Waals surface area contributed by atoms with Crippen LogP contribution < -0.4 is 11.5 Å². The predicted molar refractivity (Wildman–Crippen MR) is 236 cm³/mol. The van der Waals surface area contributed by atoms with E-state index in [0.717, 1.165) is 27.9 Å². The first-order valence-corrected chi connectivity index (χ1v) is 21.2. The molecule has 8 heterocycles. The van der Waals surface area contributed by atoms with E-state index in [4.69, 9.17) is 35.6 Å². The Kier molecular flexibility index (Phi) is 12.5. The topological polar surface area (TPSA) is 271 Å². The van der Waals surface area contributed by atoms with Crippen LogP contribution in [0.2, 0.25) is 0 Å². The number of carboxylic acid groups (broad SMARTS) is 1. The van der Waals surface area contributed by atoms with Gasteiger partial charge >= 0.3 is 24.1 Å². The van der Waals surface area contributed by atoms with Crippen LogP contribution >= 0.6 is 0 Å². The number of carbonyl (C=O) groups is 4. The normalized spacial score (nSPS) is 19.2. The molecule has 22 nitrogen and oxygen atoms in total. The molecule has 0 spiro atoms. The van der Waals surface area contributed by atoms with Gasteiger partial charge in [0.1, 0.15) is 34.9 Å². The number of esters is 1. The molecular weight excluding hydrogens is 841 g/mol. The van der Waals surface area contributed by atoms with Crippen molar-refractivity contribution in [1.29, 1.82) is 0 Å². The molecule has 2 fully saturated rings. The SMILES string of the molecule is COC(=O)[C@@H]1CC[C@H](c2cc(N)n3ncc(-c4cnn(C)c4)c3n2)CN1C(=O)OC(C)(C)C.Cn1cc(-c2cnn3c(N)cc([C@H]4CC[C@@H](C(=O)O)N(C(=O)OC(C)(C)C)C4)nc23)cn1. The molecule has 0 bridgehead atoms. The number of nitrogens with two attached hydrogens (primary N) is 2. The Morgan fingerprint density at radius 2 is 1.06 bits per heavy atom. The summed E-state index contributed by atoms with van der Waals surface area (Å²) in [6, 6.07) is 1.85. The number of nitrogen functional groups attached to an aromatic ring is 2. The molecule has 0 aromatic carbocycles. The summed E-state index contributed by atoms with van der Waals surface area (Å²) >= 11 is 0. The predicted octanol–water partition coefficient (Wildman–Crippen LogP) is 4.65. The van der Waals surface area contributed by atoms with Crippen molar-refractivity contribution < 1.29 is 38.5 Å². The van der Waals surface area contributed by atoms with E-state index in [2.05, 4.69) is 20.4 Å². The summed E-state index contributed by atoms with van der Waals surface area (Å²) in [6.07, 6.45) is 11.3. The molecule has 2 amide bonds. The largest absolute Gasteiger partial charge is 0.480 e. The van der Waals surface area contributed by atoms with E-state index in [1.165, 1.54) is 16.9 Å². The number of hydrogen-bond donors (Lipinski definition) is 3. The van der Waals surface area contributed by atoms with Crippen LogP contribution in [0.4, 0.5) is 21.2 Å². The summed E-state index contributed by atoms with van der Waals surface area (Å²) in [5.41, 5.74) is 17.0. The number of rotatable bonds is 6. The summed E-state index contributed by atoms with van der Waals surface area (Å²) in [5, 5.41) is 26.8. The van der Waals surface area contributed by atoms with Crippen molar-refractivity contribution in [3.05, 3.63) is 60.7 Å². The molecule has 2 saturated heterocycles. The Balaban J connectivity index is 0.000000194. The molecule has 0 aliphatic carbocycles. The first-order valence-electron chi connectivity index (χ1n) is 21.2. The number of ether oxygens (including phenoxy) is 3. The van der Waals surface area contributed by atoms with E-state index in [-0.39, 0.29) is 24.9 Å². The number of anilines is 2. The zero-order valence-corrected chi connectivity index (χ0v) is 38.0. The van der Waals surface area contributed by atoms with E-state index in [1.54, 1.807) is 96.9 Å². The minimum atomic E-state index is -1.05. The fraction of sp³-hybridized carbons (Fsp3) is 0.488. The summed E-state index contributed by atoms with van der Waals surface area (Å²) in [5.74, 6) is -0.999. The van der Waals surface area contributed by atoms with Gasteiger partial charge in [-0.05, 0) is 67.2 Å². The number of carbonyl (C=O) groups excluding carboxylic acids is 3. The van der Waals surface area contributed by atoms with Gasteiger partial charge in [-0.25, -0.2) is 29.1 Å². The third-order valence-corrected chi connectivity index (χ3v) is 11.1. The molecule has 8 rings (SSSR count). The lowest BCUT2D eigenvalue weighted by atomic mass is 9.90. The highest BCUT2D eigenvalue weighted by Crippen LogP contribution is 2.35. The highest BCUT2D eigenvalue weighted by atomic mass is 16.6. The maximum Gasteiger partial charge on any atom is 0.411 e. The number of aliphatic carboxylic acids is 1. The molecular formula is C43H56N14O8. The number of likely N-dealkylation sites (tertiary alicyclic amines) is 2. The van der Waals surface area contributed by atoms with Crippen LogP contribution in [0.5, 0.6) is 0 Å². The maximum atomic E-state index is 12.9. The number of piperidine rings is 2. The van der Waals surface area contributed by atoms with Crippen LogP contribution in [0.1, 0.15) is 90.4 Å². The number of hydrogen-bond acceptors (Lipinski definition) is 15. The van der Waals surface area contributed by atoms with Gasteiger partial charge in [0, 0.05) is 85.8 Å². The van der Waals surface area contributed by atoms with Gasteiger partial charge < -0.3 is 30.8 Å². The monoisotopic (exact) mass is 896 g/mol. The first-order chi connectivity index (χ1) is 30.6. The van der Waals surface area contributed by atoms with Gasteiger partial charge in [0.2, 0.25) is 0 Å². The lowest BCUT2D eigenvalue weighted by molar-refractivity contribution is -0.148. The van der Waals surface area contributed by atoms with Gasteiger partial charge in [0.25, 0.3) is 0 Å². The van der Waals surface area contributed by atoms with Gasteiger partial charge in [-0.2, -0.15) is 29.4 Å². The smallest absolute Gasteiger partial charge is 0.411 e. The molecule has 65 heavy (non-hydrogen) atoms. The number of aromatic nitrogens is 10. The third kappa shape index (κ3) is 9.95. The van der Waals surface area contributed by atoms with Gasteiger partial charge in [-0.1, -0.05) is 0 Å². The second kappa shape index (κ2) is 17.7. The van der Waals surface area contributed by atoms with Crippen molar-refractivity contribution in [3.8, 4) is 22.3 Å². The Labute approximate surface area is 374 Å². The van der Waals surface area contributed by atoms with Crippen molar-refractivity contribution in [2.45, 2.75) is 102 Å². The molecule has 5 N–H and O–H groups in total. The van der Waals surface area contributed by atoms with Crippen LogP contribution in [-0.2, 0) is 37.9 Å². The Morgan fingerprint density at radius 3 is 1.43 bits per heavy atom. The molecule has 4 atom stereocenters. The van der Waals surface area contributed by atoms with E-state index >= 15 is 0 Å². The lowest BCUT2D eigenvalue weighted by Crippen LogP contribution is -2.52. The number of aryl methyl sites for hydroxylation is 2. The van der Waals surface area contributed by atoms with Gasteiger partial charge in [-0.15, -0.1) is 0 Å². The Morgan fingerprint density at radius 1 is 0.646 bits per heavy atom. The van der Waals surface area contributed by atoms with Crippen molar-refractivity contribution in [3.63, 3.8) is 0 Å². The minimum absolute atomic E-state index is 0.137. The Hall–Kier alpha value is -7.26. The van der Waals surface area contributed by atoms with Crippen LogP contribution in [-0.4, -0.2) is 131 Å². The van der Waals surface area contributed by atoms with Crippen molar-refractivity contribution >= 4 is 47.1 Å². The van der Waals surface area contributed by atoms with Crippen molar-refractivity contribution in [2.24, 2.45) is 14.1 Å². The highest BCUT2D eigenvalue weighted by Gasteiger charge is 2.41. The zero-order chi connectivity index (χ0) is 47.1. The van der Waals surface area contributed by atoms with E-state index in [1.807, 2.05) is 26.5 Å². The molecule has 0 saturated carbocycles. The molecule has 2 aliphatic heterocycles. The van der Waals surface area contributed by atoms with Crippen LogP contribution in [0.3, 0.4) is 0 Å². The summed E-state index contributed by atoms with van der Waals surface area (Å²) in [6.45, 7) is 11.0. The van der Waals surface area contributed by atoms with Crippen molar-refractivity contribution in [2.75, 3.05) is 31.7 Å².